The summed E-state index contributed by atoms with van der Waals surface area (Å²) in [6.07, 6.45) is 4.79. The van der Waals surface area contributed by atoms with Gasteiger partial charge >= 0.3 is 23.1 Å². The van der Waals surface area contributed by atoms with Crippen LogP contribution in [0.2, 0.25) is 0 Å². The molecule has 1 aromatic carbocycles. The molecule has 0 N–H and O–H groups in total. The Morgan fingerprint density at radius 1 is 1.14 bits per heavy atom. The van der Waals surface area contributed by atoms with Crippen molar-refractivity contribution in [2.75, 3.05) is 0 Å². The third-order valence-corrected chi connectivity index (χ3v) is 1.92. The van der Waals surface area contributed by atoms with Gasteiger partial charge in [0.25, 0.3) is 0 Å². The van der Waals surface area contributed by atoms with Gasteiger partial charge in [0, 0.05) is 0 Å². The zero-order chi connectivity index (χ0) is 8.81. The number of halogens is 1. The first kappa shape index (κ1) is 16.6. The molecular weight excluding hydrogens is 204 g/mol. The molecule has 1 rings (SSSR count). The molecule has 0 fully saturated rings. The van der Waals surface area contributed by atoms with Gasteiger partial charge in [0.2, 0.25) is 0 Å². The maximum absolute atomic E-state index is 2.31. The molecule has 14 heavy (non-hydrogen) atoms. The minimum Gasteiger partial charge on any atom is -1.00 e. The average molecular weight is 221 g/mol. The first-order chi connectivity index (χ1) is 5.79. The monoisotopic (exact) mass is 220 g/mol. The third kappa shape index (κ3) is 7.54. The Hall–Kier alpha value is 0.146. The van der Waals surface area contributed by atoms with E-state index in [0.717, 1.165) is 5.92 Å². The smallest absolute Gasteiger partial charge is 1.00 e. The maximum Gasteiger partial charge on any atom is 2.00 e. The fraction of sp³-hybridized carbons (Fsp3) is 0.417. The molecule has 0 aromatic heterocycles. The summed E-state index contributed by atoms with van der Waals surface area (Å²) < 4.78 is 0. The van der Waals surface area contributed by atoms with Crippen molar-refractivity contribution >= 4 is 23.1 Å². The van der Waals surface area contributed by atoms with Gasteiger partial charge in [-0.25, -0.2) is 0 Å². The Morgan fingerprint density at radius 3 is 2.21 bits per heavy atom. The van der Waals surface area contributed by atoms with E-state index in [1.54, 1.807) is 0 Å². The molecule has 2 heteroatoms. The van der Waals surface area contributed by atoms with E-state index < -0.39 is 0 Å². The van der Waals surface area contributed by atoms with Crippen molar-refractivity contribution < 1.29 is 12.4 Å². The molecule has 0 amide bonds. The van der Waals surface area contributed by atoms with Gasteiger partial charge in [-0.05, 0) is 5.92 Å². The molecule has 0 saturated heterocycles. The number of rotatable bonds is 4. The largest absolute Gasteiger partial charge is 2.00 e. The Labute approximate surface area is 110 Å². The normalized spacial score (nSPS) is 8.79. The topological polar surface area (TPSA) is 0 Å². The summed E-state index contributed by atoms with van der Waals surface area (Å²) in [6.45, 7) is 4.53. The first-order valence-corrected chi connectivity index (χ1v) is 4.67. The Kier molecular flexibility index (Phi) is 11.5. The molecule has 1 aromatic rings. The van der Waals surface area contributed by atoms with Gasteiger partial charge in [0.05, 0.1) is 0 Å². The first-order valence-electron chi connectivity index (χ1n) is 4.67. The summed E-state index contributed by atoms with van der Waals surface area (Å²) in [5, 5.41) is 0. The summed E-state index contributed by atoms with van der Waals surface area (Å²) in [5.74, 6) is 0.810. The SMILES string of the molecule is CC(C)CC[CH-]c1ccccc1.[Cl-].[Mg+2]. The summed E-state index contributed by atoms with van der Waals surface area (Å²) >= 11 is 0. The zero-order valence-electron chi connectivity index (χ0n) is 9.04. The molecular formula is C12H17ClMg. The summed E-state index contributed by atoms with van der Waals surface area (Å²) in [7, 11) is 0. The predicted molar refractivity (Wildman–Crippen MR) is 59.7 cm³/mol. The van der Waals surface area contributed by atoms with Crippen LogP contribution in [0, 0.1) is 12.3 Å². The Balaban J connectivity index is 0. The molecule has 0 aliphatic rings. The van der Waals surface area contributed by atoms with Crippen LogP contribution in [0.5, 0.6) is 0 Å². The molecule has 74 valence electrons. The molecule has 0 spiro atoms. The third-order valence-electron chi connectivity index (χ3n) is 1.92. The van der Waals surface area contributed by atoms with Crippen LogP contribution < -0.4 is 12.4 Å². The van der Waals surface area contributed by atoms with Gasteiger partial charge in [-0.3, -0.25) is 0 Å². The van der Waals surface area contributed by atoms with E-state index in [9.17, 15) is 0 Å². The van der Waals surface area contributed by atoms with Gasteiger partial charge in [-0.1, -0.05) is 32.8 Å². The van der Waals surface area contributed by atoms with E-state index >= 15 is 0 Å². The fourth-order valence-corrected chi connectivity index (χ4v) is 1.17. The molecule has 0 radical (unpaired) electrons. The second-order valence-electron chi connectivity index (χ2n) is 3.59. The summed E-state index contributed by atoms with van der Waals surface area (Å²) in [6, 6.07) is 10.5. The molecule has 0 saturated carbocycles. The maximum atomic E-state index is 2.31. The summed E-state index contributed by atoms with van der Waals surface area (Å²) in [4.78, 5) is 0. The predicted octanol–water partition coefficient (Wildman–Crippen LogP) is 0.298. The van der Waals surface area contributed by atoms with Gasteiger partial charge < -0.3 is 12.4 Å². The molecule has 0 atom stereocenters. The van der Waals surface area contributed by atoms with Crippen molar-refractivity contribution in [3.63, 3.8) is 0 Å². The second kappa shape index (κ2) is 9.69. The minimum atomic E-state index is 0. The van der Waals surface area contributed by atoms with Crippen molar-refractivity contribution in [2.45, 2.75) is 26.7 Å². The Morgan fingerprint density at radius 2 is 1.71 bits per heavy atom. The van der Waals surface area contributed by atoms with E-state index in [1.807, 2.05) is 0 Å². The van der Waals surface area contributed by atoms with Gasteiger partial charge in [0.15, 0.2) is 0 Å². The number of hydrogen-bond acceptors (Lipinski definition) is 0. The van der Waals surface area contributed by atoms with Crippen molar-refractivity contribution in [1.29, 1.82) is 0 Å². The van der Waals surface area contributed by atoms with Crippen molar-refractivity contribution in [2.24, 2.45) is 5.92 Å². The average Bonchev–Trinajstić information content (AvgIpc) is 2.05. The summed E-state index contributed by atoms with van der Waals surface area (Å²) in [5.41, 5.74) is 1.35. The van der Waals surface area contributed by atoms with E-state index in [2.05, 4.69) is 50.6 Å². The Bertz CT molecular complexity index is 209. The molecule has 0 heterocycles. The molecule has 0 aliphatic heterocycles. The quantitative estimate of drug-likeness (QED) is 0.506. The number of hydrogen-bond donors (Lipinski definition) is 0. The minimum absolute atomic E-state index is 0. The van der Waals surface area contributed by atoms with Crippen molar-refractivity contribution in [1.82, 2.24) is 0 Å². The van der Waals surface area contributed by atoms with E-state index in [4.69, 9.17) is 0 Å². The van der Waals surface area contributed by atoms with Crippen LogP contribution >= 0.6 is 0 Å². The van der Waals surface area contributed by atoms with Gasteiger partial charge in [0.1, 0.15) is 0 Å². The fourth-order valence-electron chi connectivity index (χ4n) is 1.17. The van der Waals surface area contributed by atoms with Crippen LogP contribution in [-0.4, -0.2) is 23.1 Å². The second-order valence-corrected chi connectivity index (χ2v) is 3.59. The van der Waals surface area contributed by atoms with E-state index in [0.29, 0.717) is 0 Å². The molecule has 0 aliphatic carbocycles. The van der Waals surface area contributed by atoms with E-state index in [1.165, 1.54) is 18.4 Å². The van der Waals surface area contributed by atoms with E-state index in [-0.39, 0.29) is 35.5 Å². The number of benzene rings is 1. The standard InChI is InChI=1S/C12H17.ClH.Mg/c1-11(2)7-6-10-12-8-4-3-5-9-12;;/h3-5,8-11H,6-7H2,1-2H3;1H;/q-1;;+2/p-1. The van der Waals surface area contributed by atoms with Crippen LogP contribution in [0.25, 0.3) is 0 Å². The van der Waals surface area contributed by atoms with Crippen LogP contribution in [0.3, 0.4) is 0 Å². The molecule has 0 unspecified atom stereocenters. The van der Waals surface area contributed by atoms with Gasteiger partial charge in [-0.15, -0.1) is 12.1 Å². The van der Waals surface area contributed by atoms with Gasteiger partial charge in [-0.2, -0.15) is 24.1 Å². The molecule has 0 bridgehead atoms. The van der Waals surface area contributed by atoms with Crippen LogP contribution in [0.1, 0.15) is 32.3 Å². The van der Waals surface area contributed by atoms with Crippen molar-refractivity contribution in [3.8, 4) is 0 Å². The van der Waals surface area contributed by atoms with Crippen LogP contribution in [0.4, 0.5) is 0 Å². The zero-order valence-corrected chi connectivity index (χ0v) is 11.2. The van der Waals surface area contributed by atoms with Crippen molar-refractivity contribution in [3.05, 3.63) is 42.3 Å². The van der Waals surface area contributed by atoms with Crippen LogP contribution in [-0.2, 0) is 0 Å². The molecule has 0 nitrogen and oxygen atoms in total. The van der Waals surface area contributed by atoms with Crippen LogP contribution in [0.15, 0.2) is 30.3 Å².